The van der Waals surface area contributed by atoms with Gasteiger partial charge in [0.05, 0.1) is 6.42 Å². The smallest absolute Gasteiger partial charge is 0.393 e. The normalized spacial score (nSPS) is 13.9. The lowest BCUT2D eigenvalue weighted by molar-refractivity contribution is -0.137. The van der Waals surface area contributed by atoms with Gasteiger partial charge < -0.3 is 15.7 Å². The van der Waals surface area contributed by atoms with Crippen molar-refractivity contribution >= 4 is 17.5 Å². The summed E-state index contributed by atoms with van der Waals surface area (Å²) in [6.07, 6.45) is -4.68. The molecule has 3 N–H and O–H groups in total. The number of rotatable bonds is 6. The Kier molecular flexibility index (Phi) is 6.77. The predicted molar refractivity (Wildman–Crippen MR) is 83.4 cm³/mol. The van der Waals surface area contributed by atoms with Gasteiger partial charge in [0.1, 0.15) is 0 Å². The standard InChI is InChI=1S/C16H21F3N2O3/c1-3-15(2,7-8-22)21-14(24)13(23)20-12-6-4-5-11(9-12)10-16(17,18)19/h4-6,9,22H,3,7-8,10H2,1-2H3,(H,20,23)(H,21,24). The summed E-state index contributed by atoms with van der Waals surface area (Å²) in [6.45, 7) is 3.35. The minimum atomic E-state index is -4.35. The lowest BCUT2D eigenvalue weighted by Crippen LogP contribution is -2.50. The summed E-state index contributed by atoms with van der Waals surface area (Å²) >= 11 is 0. The summed E-state index contributed by atoms with van der Waals surface area (Å²) in [4.78, 5) is 23.8. The van der Waals surface area contributed by atoms with Gasteiger partial charge in [0, 0.05) is 17.8 Å². The van der Waals surface area contributed by atoms with E-state index in [1.165, 1.54) is 24.3 Å². The summed E-state index contributed by atoms with van der Waals surface area (Å²) < 4.78 is 37.2. The molecule has 0 radical (unpaired) electrons. The molecule has 134 valence electrons. The van der Waals surface area contributed by atoms with Crippen LogP contribution < -0.4 is 10.6 Å². The SMILES string of the molecule is CCC(C)(CCO)NC(=O)C(=O)Nc1cccc(CC(F)(F)F)c1. The number of carbonyl (C=O) groups excluding carboxylic acids is 2. The lowest BCUT2D eigenvalue weighted by atomic mass is 9.95. The van der Waals surface area contributed by atoms with E-state index in [4.69, 9.17) is 5.11 Å². The van der Waals surface area contributed by atoms with Crippen LogP contribution in [0, 0.1) is 0 Å². The Balaban J connectivity index is 2.73. The molecule has 1 aromatic carbocycles. The van der Waals surface area contributed by atoms with Crippen LogP contribution in [-0.2, 0) is 16.0 Å². The molecule has 0 bridgehead atoms. The van der Waals surface area contributed by atoms with E-state index in [-0.39, 0.29) is 24.3 Å². The van der Waals surface area contributed by atoms with Crippen molar-refractivity contribution < 1.29 is 27.9 Å². The molecular formula is C16H21F3N2O3. The van der Waals surface area contributed by atoms with Crippen LogP contribution in [0.25, 0.3) is 0 Å². The van der Waals surface area contributed by atoms with Crippen molar-refractivity contribution in [3.8, 4) is 0 Å². The van der Waals surface area contributed by atoms with E-state index in [0.717, 1.165) is 0 Å². The van der Waals surface area contributed by atoms with Crippen LogP contribution in [0.2, 0.25) is 0 Å². The van der Waals surface area contributed by atoms with Gasteiger partial charge in [-0.05, 0) is 37.5 Å². The quantitative estimate of drug-likeness (QED) is 0.692. The Morgan fingerprint density at radius 1 is 1.21 bits per heavy atom. The molecule has 0 aliphatic heterocycles. The largest absolute Gasteiger partial charge is 0.396 e. The van der Waals surface area contributed by atoms with Gasteiger partial charge in [-0.2, -0.15) is 13.2 Å². The van der Waals surface area contributed by atoms with E-state index in [9.17, 15) is 22.8 Å². The molecule has 1 unspecified atom stereocenters. The molecule has 2 amide bonds. The fourth-order valence-electron chi connectivity index (χ4n) is 2.08. The zero-order valence-electron chi connectivity index (χ0n) is 13.5. The van der Waals surface area contributed by atoms with Gasteiger partial charge in [-0.1, -0.05) is 19.1 Å². The Morgan fingerprint density at radius 3 is 2.42 bits per heavy atom. The molecule has 0 fully saturated rings. The Labute approximate surface area is 138 Å². The minimum absolute atomic E-state index is 0.0145. The molecule has 0 aromatic heterocycles. The first-order chi connectivity index (χ1) is 11.1. The fourth-order valence-corrected chi connectivity index (χ4v) is 2.08. The molecule has 8 heteroatoms. The molecule has 1 atom stereocenters. The number of aliphatic hydroxyl groups is 1. The van der Waals surface area contributed by atoms with E-state index < -0.39 is 30.0 Å². The maximum Gasteiger partial charge on any atom is 0.393 e. The van der Waals surface area contributed by atoms with E-state index in [0.29, 0.717) is 6.42 Å². The molecule has 0 heterocycles. The highest BCUT2D eigenvalue weighted by Crippen LogP contribution is 2.23. The Hall–Kier alpha value is -2.09. The van der Waals surface area contributed by atoms with Crippen molar-refractivity contribution in [1.29, 1.82) is 0 Å². The van der Waals surface area contributed by atoms with E-state index >= 15 is 0 Å². The lowest BCUT2D eigenvalue weighted by Gasteiger charge is -2.28. The van der Waals surface area contributed by atoms with Crippen LogP contribution in [-0.4, -0.2) is 35.2 Å². The van der Waals surface area contributed by atoms with Crippen molar-refractivity contribution in [2.24, 2.45) is 0 Å². The topological polar surface area (TPSA) is 78.4 Å². The maximum atomic E-state index is 12.4. The van der Waals surface area contributed by atoms with Gasteiger partial charge in [0.25, 0.3) is 0 Å². The van der Waals surface area contributed by atoms with Crippen LogP contribution in [0.1, 0.15) is 32.3 Å². The number of hydrogen-bond donors (Lipinski definition) is 3. The van der Waals surface area contributed by atoms with Crippen LogP contribution >= 0.6 is 0 Å². The average Bonchev–Trinajstić information content (AvgIpc) is 2.46. The van der Waals surface area contributed by atoms with Gasteiger partial charge >= 0.3 is 18.0 Å². The fraction of sp³-hybridized carbons (Fsp3) is 0.500. The zero-order chi connectivity index (χ0) is 18.4. The first-order valence-corrected chi connectivity index (χ1v) is 7.48. The molecule has 0 aliphatic rings. The molecule has 1 aromatic rings. The highest BCUT2D eigenvalue weighted by atomic mass is 19.4. The predicted octanol–water partition coefficient (Wildman–Crippen LogP) is 2.40. The van der Waals surface area contributed by atoms with Crippen LogP contribution in [0.5, 0.6) is 0 Å². The zero-order valence-corrected chi connectivity index (χ0v) is 13.5. The third-order valence-electron chi connectivity index (χ3n) is 3.65. The van der Waals surface area contributed by atoms with Gasteiger partial charge in [0.2, 0.25) is 0 Å². The molecule has 0 aliphatic carbocycles. The number of alkyl halides is 3. The number of nitrogens with one attached hydrogen (secondary N) is 2. The van der Waals surface area contributed by atoms with E-state index in [1.54, 1.807) is 13.8 Å². The number of halogens is 3. The van der Waals surface area contributed by atoms with Crippen LogP contribution in [0.3, 0.4) is 0 Å². The number of hydrogen-bond acceptors (Lipinski definition) is 3. The highest BCUT2D eigenvalue weighted by molar-refractivity contribution is 6.39. The monoisotopic (exact) mass is 346 g/mol. The summed E-state index contributed by atoms with van der Waals surface area (Å²) in [6, 6.07) is 5.23. The molecule has 5 nitrogen and oxygen atoms in total. The van der Waals surface area contributed by atoms with Crippen molar-refractivity contribution in [2.75, 3.05) is 11.9 Å². The number of benzene rings is 1. The van der Waals surface area contributed by atoms with Crippen LogP contribution in [0.15, 0.2) is 24.3 Å². The first-order valence-electron chi connectivity index (χ1n) is 7.48. The second-order valence-corrected chi connectivity index (χ2v) is 5.79. The molecule has 1 rings (SSSR count). The summed E-state index contributed by atoms with van der Waals surface area (Å²) in [5.74, 6) is -1.88. The minimum Gasteiger partial charge on any atom is -0.396 e. The second-order valence-electron chi connectivity index (χ2n) is 5.79. The summed E-state index contributed by atoms with van der Waals surface area (Å²) in [5.41, 5.74) is -0.641. The number of anilines is 1. The van der Waals surface area contributed by atoms with Crippen molar-refractivity contribution in [3.63, 3.8) is 0 Å². The van der Waals surface area contributed by atoms with Gasteiger partial charge in [-0.25, -0.2) is 0 Å². The first kappa shape index (κ1) is 20.0. The van der Waals surface area contributed by atoms with Gasteiger partial charge in [0.15, 0.2) is 0 Å². The average molecular weight is 346 g/mol. The van der Waals surface area contributed by atoms with Gasteiger partial charge in [-0.3, -0.25) is 9.59 Å². The number of carbonyl (C=O) groups is 2. The third kappa shape index (κ3) is 6.57. The molecule has 0 spiro atoms. The Bertz CT molecular complexity index is 590. The van der Waals surface area contributed by atoms with Crippen molar-refractivity contribution in [1.82, 2.24) is 5.32 Å². The summed E-state index contributed by atoms with van der Waals surface area (Å²) in [7, 11) is 0. The highest BCUT2D eigenvalue weighted by Gasteiger charge is 2.28. The summed E-state index contributed by atoms with van der Waals surface area (Å²) in [5, 5.41) is 13.8. The van der Waals surface area contributed by atoms with Gasteiger partial charge in [-0.15, -0.1) is 0 Å². The third-order valence-corrected chi connectivity index (χ3v) is 3.65. The maximum absolute atomic E-state index is 12.4. The van der Waals surface area contributed by atoms with Crippen molar-refractivity contribution in [3.05, 3.63) is 29.8 Å². The number of aliphatic hydroxyl groups excluding tert-OH is 1. The van der Waals surface area contributed by atoms with Crippen LogP contribution in [0.4, 0.5) is 18.9 Å². The molecule has 0 saturated carbocycles. The van der Waals surface area contributed by atoms with Crippen molar-refractivity contribution in [2.45, 2.75) is 44.8 Å². The van der Waals surface area contributed by atoms with E-state index in [1.807, 2.05) is 0 Å². The Morgan fingerprint density at radius 2 is 1.88 bits per heavy atom. The molecule has 0 saturated heterocycles. The second kappa shape index (κ2) is 8.14. The van der Waals surface area contributed by atoms with E-state index in [2.05, 4.69) is 10.6 Å². The molecule has 24 heavy (non-hydrogen) atoms. The number of amides is 2. The molecular weight excluding hydrogens is 325 g/mol.